The molecule has 0 spiro atoms. The van der Waals surface area contributed by atoms with Crippen molar-refractivity contribution in [3.05, 3.63) is 29.3 Å². The molecule has 0 radical (unpaired) electrons. The lowest BCUT2D eigenvalue weighted by Gasteiger charge is -2.21. The van der Waals surface area contributed by atoms with Crippen LogP contribution in [0.1, 0.15) is 43.7 Å². The van der Waals surface area contributed by atoms with Gasteiger partial charge in [0.1, 0.15) is 0 Å². The second kappa shape index (κ2) is 8.50. The Hall–Kier alpha value is -1.77. The summed E-state index contributed by atoms with van der Waals surface area (Å²) >= 11 is 0. The van der Waals surface area contributed by atoms with Crippen LogP contribution in [0, 0.1) is 5.92 Å². The summed E-state index contributed by atoms with van der Waals surface area (Å²) in [5.74, 6) is 0.598. The fraction of sp³-hybridized carbons (Fsp3) is 0.611. The van der Waals surface area contributed by atoms with Crippen LogP contribution in [-0.4, -0.2) is 38.7 Å². The standard InChI is InChI=1S/C18H25F3N2O3S/c1-3-13-5-4-9-23(10-8-13)17(24)22-12-14-6-7-16(27(2,25)26)15(11-14)18(19,20)21/h6-7,11,13H,3-5,8-10,12H2,1-2H3,(H,22,24). The van der Waals surface area contributed by atoms with Gasteiger partial charge in [-0.05, 0) is 42.9 Å². The molecule has 1 aliphatic rings. The monoisotopic (exact) mass is 406 g/mol. The molecular weight excluding hydrogens is 381 g/mol. The van der Waals surface area contributed by atoms with Gasteiger partial charge in [-0.25, -0.2) is 13.2 Å². The lowest BCUT2D eigenvalue weighted by molar-refractivity contribution is -0.139. The van der Waals surface area contributed by atoms with Crippen molar-refractivity contribution in [2.75, 3.05) is 19.3 Å². The summed E-state index contributed by atoms with van der Waals surface area (Å²) in [5, 5.41) is 2.64. The third-order valence-corrected chi connectivity index (χ3v) is 6.06. The van der Waals surface area contributed by atoms with Gasteiger partial charge in [0.2, 0.25) is 0 Å². The van der Waals surface area contributed by atoms with Crippen LogP contribution in [0.25, 0.3) is 0 Å². The Bertz CT molecular complexity index is 779. The highest BCUT2D eigenvalue weighted by Crippen LogP contribution is 2.34. The number of halogens is 3. The van der Waals surface area contributed by atoms with Crippen molar-refractivity contribution in [3.63, 3.8) is 0 Å². The van der Waals surface area contributed by atoms with Crippen LogP contribution in [0.4, 0.5) is 18.0 Å². The van der Waals surface area contributed by atoms with Crippen LogP contribution in [0.15, 0.2) is 23.1 Å². The highest BCUT2D eigenvalue weighted by Gasteiger charge is 2.36. The fourth-order valence-corrected chi connectivity index (χ4v) is 4.19. The molecule has 1 aliphatic heterocycles. The number of hydrogen-bond donors (Lipinski definition) is 1. The largest absolute Gasteiger partial charge is 0.417 e. The van der Waals surface area contributed by atoms with Crippen LogP contribution >= 0.6 is 0 Å². The summed E-state index contributed by atoms with van der Waals surface area (Å²) in [6.45, 7) is 3.28. The minimum atomic E-state index is -4.79. The quantitative estimate of drug-likeness (QED) is 0.826. The van der Waals surface area contributed by atoms with E-state index in [2.05, 4.69) is 12.2 Å². The van der Waals surface area contributed by atoms with E-state index in [1.165, 1.54) is 6.07 Å². The Kier molecular flexibility index (Phi) is 6.77. The summed E-state index contributed by atoms with van der Waals surface area (Å²) in [5.41, 5.74) is -1.01. The number of rotatable bonds is 4. The van der Waals surface area contributed by atoms with Gasteiger partial charge in [0, 0.05) is 25.9 Å². The second-order valence-corrected chi connectivity index (χ2v) is 8.94. The Morgan fingerprint density at radius 3 is 2.56 bits per heavy atom. The zero-order valence-corrected chi connectivity index (χ0v) is 16.3. The number of hydrogen-bond acceptors (Lipinski definition) is 3. The molecule has 0 aromatic heterocycles. The molecule has 9 heteroatoms. The van der Waals surface area contributed by atoms with Gasteiger partial charge in [0.15, 0.2) is 9.84 Å². The van der Waals surface area contributed by atoms with E-state index in [0.29, 0.717) is 19.0 Å². The molecular formula is C18H25F3N2O3S. The maximum atomic E-state index is 13.2. The average molecular weight is 406 g/mol. The van der Waals surface area contributed by atoms with Crippen molar-refractivity contribution in [3.8, 4) is 0 Å². The number of urea groups is 1. The normalized spacial score (nSPS) is 18.9. The number of benzene rings is 1. The van der Waals surface area contributed by atoms with Crippen molar-refractivity contribution in [1.82, 2.24) is 10.2 Å². The highest BCUT2D eigenvalue weighted by atomic mass is 32.2. The molecule has 2 rings (SSSR count). The molecule has 0 bridgehead atoms. The first kappa shape index (κ1) is 21.5. The van der Waals surface area contributed by atoms with E-state index in [1.54, 1.807) is 4.90 Å². The number of sulfone groups is 1. The molecule has 152 valence electrons. The van der Waals surface area contributed by atoms with E-state index in [1.807, 2.05) is 0 Å². The van der Waals surface area contributed by atoms with Crippen molar-refractivity contribution in [1.29, 1.82) is 0 Å². The van der Waals surface area contributed by atoms with E-state index in [4.69, 9.17) is 0 Å². The van der Waals surface area contributed by atoms with Gasteiger partial charge < -0.3 is 10.2 Å². The molecule has 27 heavy (non-hydrogen) atoms. The first-order chi connectivity index (χ1) is 12.5. The fourth-order valence-electron chi connectivity index (χ4n) is 3.30. The average Bonchev–Trinajstić information content (AvgIpc) is 2.83. The molecule has 1 saturated heterocycles. The van der Waals surface area contributed by atoms with Gasteiger partial charge in [-0.15, -0.1) is 0 Å². The molecule has 1 heterocycles. The molecule has 1 fully saturated rings. The van der Waals surface area contributed by atoms with Crippen molar-refractivity contribution < 1.29 is 26.4 Å². The molecule has 0 aliphatic carbocycles. The van der Waals surface area contributed by atoms with Crippen molar-refractivity contribution in [2.24, 2.45) is 5.92 Å². The van der Waals surface area contributed by atoms with Crippen LogP contribution in [-0.2, 0) is 22.6 Å². The molecule has 1 aromatic carbocycles. The first-order valence-corrected chi connectivity index (χ1v) is 10.8. The number of amides is 2. The zero-order valence-electron chi connectivity index (χ0n) is 15.5. The van der Waals surface area contributed by atoms with E-state index in [0.717, 1.165) is 44.1 Å². The van der Waals surface area contributed by atoms with Gasteiger partial charge in [-0.3, -0.25) is 0 Å². The summed E-state index contributed by atoms with van der Waals surface area (Å²) in [7, 11) is -4.01. The Morgan fingerprint density at radius 2 is 1.96 bits per heavy atom. The highest BCUT2D eigenvalue weighted by molar-refractivity contribution is 7.90. The van der Waals surface area contributed by atoms with Crippen molar-refractivity contribution in [2.45, 2.75) is 50.2 Å². The van der Waals surface area contributed by atoms with Crippen LogP contribution in [0.3, 0.4) is 0 Å². The number of nitrogens with one attached hydrogen (secondary N) is 1. The molecule has 1 atom stereocenters. The minimum Gasteiger partial charge on any atom is -0.334 e. The smallest absolute Gasteiger partial charge is 0.334 e. The molecule has 1 unspecified atom stereocenters. The molecule has 0 saturated carbocycles. The number of carbonyl (C=O) groups is 1. The zero-order chi connectivity index (χ0) is 20.2. The van der Waals surface area contributed by atoms with Gasteiger partial charge in [-0.2, -0.15) is 13.2 Å². The predicted octanol–water partition coefficient (Wildman–Crippen LogP) is 3.83. The Morgan fingerprint density at radius 1 is 1.26 bits per heavy atom. The first-order valence-electron chi connectivity index (χ1n) is 8.95. The molecule has 1 aromatic rings. The molecule has 5 nitrogen and oxygen atoms in total. The molecule has 1 N–H and O–H groups in total. The maximum Gasteiger partial charge on any atom is 0.417 e. The predicted molar refractivity (Wildman–Crippen MR) is 96.0 cm³/mol. The Balaban J connectivity index is 2.08. The van der Waals surface area contributed by atoms with Crippen LogP contribution < -0.4 is 5.32 Å². The third-order valence-electron chi connectivity index (χ3n) is 4.90. The van der Waals surface area contributed by atoms with Gasteiger partial charge in [-0.1, -0.05) is 19.4 Å². The van der Waals surface area contributed by atoms with E-state index >= 15 is 0 Å². The number of alkyl halides is 3. The summed E-state index contributed by atoms with van der Waals surface area (Å²) in [6, 6.07) is 2.71. The summed E-state index contributed by atoms with van der Waals surface area (Å²) in [4.78, 5) is 13.2. The van der Waals surface area contributed by atoms with E-state index in [-0.39, 0.29) is 18.1 Å². The SMILES string of the molecule is CCC1CCCN(C(=O)NCc2ccc(S(C)(=O)=O)c(C(F)(F)F)c2)CC1. The van der Waals surface area contributed by atoms with Gasteiger partial charge in [0.25, 0.3) is 0 Å². The summed E-state index contributed by atoms with van der Waals surface area (Å²) in [6.07, 6.45) is -0.0801. The lowest BCUT2D eigenvalue weighted by Crippen LogP contribution is -2.40. The van der Waals surface area contributed by atoms with Crippen molar-refractivity contribution >= 4 is 15.9 Å². The minimum absolute atomic E-state index is 0.0976. The lowest BCUT2D eigenvalue weighted by atomic mass is 9.98. The maximum absolute atomic E-state index is 13.2. The van der Waals surface area contributed by atoms with E-state index < -0.39 is 26.5 Å². The third kappa shape index (κ3) is 5.85. The van der Waals surface area contributed by atoms with Crippen LogP contribution in [0.5, 0.6) is 0 Å². The van der Waals surface area contributed by atoms with Gasteiger partial charge in [0.05, 0.1) is 10.5 Å². The number of likely N-dealkylation sites (tertiary alicyclic amines) is 1. The number of nitrogens with zero attached hydrogens (tertiary/aromatic N) is 1. The Labute approximate surface area is 157 Å². The number of carbonyl (C=O) groups excluding carboxylic acids is 1. The topological polar surface area (TPSA) is 66.5 Å². The second-order valence-electron chi connectivity index (χ2n) is 6.95. The van der Waals surface area contributed by atoms with E-state index in [9.17, 15) is 26.4 Å². The summed E-state index contributed by atoms with van der Waals surface area (Å²) < 4.78 is 62.8. The molecule has 2 amide bonds. The van der Waals surface area contributed by atoms with Gasteiger partial charge >= 0.3 is 12.2 Å². The van der Waals surface area contributed by atoms with Crippen LogP contribution in [0.2, 0.25) is 0 Å².